The molecule has 0 radical (unpaired) electrons. The molecule has 0 aliphatic heterocycles. The Hall–Kier alpha value is -1.10. The van der Waals surface area contributed by atoms with Crippen LogP contribution < -0.4 is 4.90 Å². The first kappa shape index (κ1) is 15.3. The van der Waals surface area contributed by atoms with E-state index in [0.29, 0.717) is 17.3 Å². The van der Waals surface area contributed by atoms with Crippen molar-refractivity contribution in [2.45, 2.75) is 44.0 Å². The smallest absolute Gasteiger partial charge is 0.269 e. The van der Waals surface area contributed by atoms with Gasteiger partial charge in [0, 0.05) is 36.2 Å². The lowest BCUT2D eigenvalue weighted by Crippen LogP contribution is -2.39. The predicted molar refractivity (Wildman–Crippen MR) is 85.6 cm³/mol. The highest BCUT2D eigenvalue weighted by Crippen LogP contribution is 2.34. The Morgan fingerprint density at radius 1 is 1.40 bits per heavy atom. The minimum Gasteiger partial charge on any atom is -0.371 e. The van der Waals surface area contributed by atoms with Crippen LogP contribution in [0, 0.1) is 16.0 Å². The van der Waals surface area contributed by atoms with Gasteiger partial charge < -0.3 is 4.90 Å². The molecule has 1 fully saturated rings. The van der Waals surface area contributed by atoms with Gasteiger partial charge in [-0.1, -0.05) is 35.7 Å². The minimum absolute atomic E-state index is 0.160. The van der Waals surface area contributed by atoms with E-state index in [1.807, 2.05) is 6.07 Å². The normalized spacial score (nSPS) is 22.6. The third kappa shape index (κ3) is 3.14. The number of halogens is 1. The van der Waals surface area contributed by atoms with Crippen LogP contribution in [0.15, 0.2) is 18.2 Å². The molecule has 20 heavy (non-hydrogen) atoms. The highest BCUT2D eigenvalue weighted by Gasteiger charge is 2.26. The summed E-state index contributed by atoms with van der Waals surface area (Å²) in [6.07, 6.45) is 5.06. The van der Waals surface area contributed by atoms with E-state index >= 15 is 0 Å². The number of hydrogen-bond donors (Lipinski definition) is 0. The summed E-state index contributed by atoms with van der Waals surface area (Å²) in [5.41, 5.74) is 2.25. The molecule has 2 rings (SSSR count). The van der Waals surface area contributed by atoms with E-state index in [1.165, 1.54) is 25.7 Å². The number of nitro benzene ring substituents is 1. The lowest BCUT2D eigenvalue weighted by Gasteiger charge is -2.38. The Kier molecular flexibility index (Phi) is 5.02. The molecule has 0 spiro atoms. The zero-order valence-electron chi connectivity index (χ0n) is 12.0. The van der Waals surface area contributed by atoms with E-state index in [-0.39, 0.29) is 10.6 Å². The van der Waals surface area contributed by atoms with Crippen LogP contribution in [0.25, 0.3) is 0 Å². The third-order valence-electron chi connectivity index (χ3n) is 4.36. The molecule has 0 bridgehead atoms. The first-order valence-corrected chi connectivity index (χ1v) is 8.23. The van der Waals surface area contributed by atoms with Crippen molar-refractivity contribution in [2.24, 2.45) is 5.92 Å². The van der Waals surface area contributed by atoms with Gasteiger partial charge in [0.2, 0.25) is 0 Å². The number of nitrogens with zero attached hydrogens (tertiary/aromatic N) is 2. The maximum Gasteiger partial charge on any atom is 0.269 e. The molecule has 4 nitrogen and oxygen atoms in total. The van der Waals surface area contributed by atoms with Crippen molar-refractivity contribution in [1.82, 2.24) is 0 Å². The molecule has 0 amide bonds. The van der Waals surface area contributed by atoms with Crippen molar-refractivity contribution in [3.63, 3.8) is 0 Å². The molecular formula is C15H21BrN2O2. The largest absolute Gasteiger partial charge is 0.371 e. The van der Waals surface area contributed by atoms with Gasteiger partial charge in [-0.2, -0.15) is 0 Å². The van der Waals surface area contributed by atoms with Gasteiger partial charge >= 0.3 is 0 Å². The summed E-state index contributed by atoms with van der Waals surface area (Å²) in [6, 6.07) is 5.69. The fourth-order valence-corrected chi connectivity index (χ4v) is 3.64. The number of non-ortho nitro benzene ring substituents is 1. The molecule has 1 aromatic rings. The van der Waals surface area contributed by atoms with Crippen LogP contribution >= 0.6 is 15.9 Å². The molecule has 1 aliphatic carbocycles. The van der Waals surface area contributed by atoms with Gasteiger partial charge in [-0.15, -0.1) is 0 Å². The maximum atomic E-state index is 10.9. The van der Waals surface area contributed by atoms with E-state index in [0.717, 1.165) is 11.3 Å². The van der Waals surface area contributed by atoms with Gasteiger partial charge in [-0.05, 0) is 30.4 Å². The van der Waals surface area contributed by atoms with Crippen LogP contribution in [-0.4, -0.2) is 18.0 Å². The molecule has 1 aliphatic rings. The van der Waals surface area contributed by atoms with Crippen LogP contribution in [0.2, 0.25) is 0 Å². The molecule has 2 atom stereocenters. The third-order valence-corrected chi connectivity index (χ3v) is 4.97. The summed E-state index contributed by atoms with van der Waals surface area (Å²) >= 11 is 3.45. The number of hydrogen-bond acceptors (Lipinski definition) is 3. The number of anilines is 1. The molecule has 1 aromatic carbocycles. The summed E-state index contributed by atoms with van der Waals surface area (Å²) in [6.45, 7) is 2.31. The molecule has 0 heterocycles. The summed E-state index contributed by atoms with van der Waals surface area (Å²) in [5.74, 6) is 0.673. The van der Waals surface area contributed by atoms with Crippen LogP contribution in [0.1, 0.15) is 38.2 Å². The summed E-state index contributed by atoms with van der Waals surface area (Å²) in [7, 11) is 2.11. The Labute approximate surface area is 128 Å². The number of nitro groups is 1. The fraction of sp³-hybridized carbons (Fsp3) is 0.600. The first-order chi connectivity index (χ1) is 9.54. The monoisotopic (exact) mass is 340 g/mol. The van der Waals surface area contributed by atoms with Crippen molar-refractivity contribution in [1.29, 1.82) is 0 Å². The van der Waals surface area contributed by atoms with E-state index in [9.17, 15) is 10.1 Å². The number of alkyl halides is 1. The highest BCUT2D eigenvalue weighted by atomic mass is 79.9. The van der Waals surface area contributed by atoms with Gasteiger partial charge in [0.1, 0.15) is 0 Å². The van der Waals surface area contributed by atoms with Crippen molar-refractivity contribution < 1.29 is 4.92 Å². The average molecular weight is 341 g/mol. The molecule has 1 saturated carbocycles. The van der Waals surface area contributed by atoms with Crippen molar-refractivity contribution in [3.05, 3.63) is 33.9 Å². The molecule has 0 saturated heterocycles. The van der Waals surface area contributed by atoms with Crippen LogP contribution in [0.3, 0.4) is 0 Å². The predicted octanol–water partition coefficient (Wildman–Crippen LogP) is 4.50. The SMILES string of the molecule is CC1CCCCC1N(C)c1ccc([N+](=O)[O-])cc1CBr. The second kappa shape index (κ2) is 6.57. The van der Waals surface area contributed by atoms with Crippen molar-refractivity contribution in [3.8, 4) is 0 Å². The molecule has 5 heteroatoms. The standard InChI is InChI=1S/C15H21BrN2O2/c1-11-5-3-4-6-14(11)17(2)15-8-7-13(18(19)20)9-12(15)10-16/h7-9,11,14H,3-6,10H2,1-2H3. The van der Waals surface area contributed by atoms with Gasteiger partial charge in [0.05, 0.1) is 4.92 Å². The lowest BCUT2D eigenvalue weighted by atomic mass is 9.84. The van der Waals surface area contributed by atoms with Crippen LogP contribution in [-0.2, 0) is 5.33 Å². The van der Waals surface area contributed by atoms with Crippen molar-refractivity contribution in [2.75, 3.05) is 11.9 Å². The van der Waals surface area contributed by atoms with E-state index in [1.54, 1.807) is 12.1 Å². The average Bonchev–Trinajstić information content (AvgIpc) is 2.46. The molecule has 0 aromatic heterocycles. The first-order valence-electron chi connectivity index (χ1n) is 7.10. The Bertz CT molecular complexity index is 493. The molecule has 110 valence electrons. The topological polar surface area (TPSA) is 46.4 Å². The van der Waals surface area contributed by atoms with Crippen LogP contribution in [0.4, 0.5) is 11.4 Å². The van der Waals surface area contributed by atoms with E-state index < -0.39 is 0 Å². The second-order valence-electron chi connectivity index (χ2n) is 5.64. The Morgan fingerprint density at radius 2 is 2.10 bits per heavy atom. The van der Waals surface area contributed by atoms with E-state index in [4.69, 9.17) is 0 Å². The Balaban J connectivity index is 2.28. The van der Waals surface area contributed by atoms with Crippen molar-refractivity contribution >= 4 is 27.3 Å². The van der Waals surface area contributed by atoms with Crippen LogP contribution in [0.5, 0.6) is 0 Å². The zero-order chi connectivity index (χ0) is 14.7. The summed E-state index contributed by atoms with van der Waals surface area (Å²) in [5, 5.41) is 11.5. The summed E-state index contributed by atoms with van der Waals surface area (Å²) in [4.78, 5) is 12.9. The fourth-order valence-electron chi connectivity index (χ4n) is 3.19. The molecular weight excluding hydrogens is 320 g/mol. The van der Waals surface area contributed by atoms with Gasteiger partial charge in [-0.25, -0.2) is 0 Å². The minimum atomic E-state index is -0.334. The maximum absolute atomic E-state index is 10.9. The van der Waals surface area contributed by atoms with Gasteiger partial charge in [0.15, 0.2) is 0 Å². The van der Waals surface area contributed by atoms with Gasteiger partial charge in [0.25, 0.3) is 5.69 Å². The van der Waals surface area contributed by atoms with E-state index in [2.05, 4.69) is 34.8 Å². The molecule has 2 unspecified atom stereocenters. The Morgan fingerprint density at radius 3 is 2.70 bits per heavy atom. The number of benzene rings is 1. The highest BCUT2D eigenvalue weighted by molar-refractivity contribution is 9.08. The zero-order valence-corrected chi connectivity index (χ0v) is 13.6. The molecule has 0 N–H and O–H groups in total. The second-order valence-corrected chi connectivity index (χ2v) is 6.20. The number of rotatable bonds is 4. The van der Waals surface area contributed by atoms with Gasteiger partial charge in [-0.3, -0.25) is 10.1 Å². The lowest BCUT2D eigenvalue weighted by molar-refractivity contribution is -0.384. The summed E-state index contributed by atoms with van der Waals surface area (Å²) < 4.78 is 0. The quantitative estimate of drug-likeness (QED) is 0.460.